The van der Waals surface area contributed by atoms with Gasteiger partial charge in [0.2, 0.25) is 11.9 Å². The molecule has 0 aliphatic heterocycles. The molecule has 0 spiro atoms. The van der Waals surface area contributed by atoms with Gasteiger partial charge in [-0.2, -0.15) is 20.2 Å². The van der Waals surface area contributed by atoms with Crippen LogP contribution in [-0.2, 0) is 0 Å². The summed E-state index contributed by atoms with van der Waals surface area (Å²) in [5.74, 6) is 0.273. The average molecular weight is 349 g/mol. The fourth-order valence-electron chi connectivity index (χ4n) is 1.52. The molecule has 0 saturated carbocycles. The summed E-state index contributed by atoms with van der Waals surface area (Å²) in [6.07, 6.45) is 0.832. The number of aromatic nitrogens is 3. The summed E-state index contributed by atoms with van der Waals surface area (Å²) in [4.78, 5) is 12.0. The smallest absolute Gasteiger partial charge is 0.323 e. The molecule has 3 N–H and O–H groups in total. The summed E-state index contributed by atoms with van der Waals surface area (Å²) in [7, 11) is 0. The molecule has 0 amide bonds. The molecule has 2 rings (SSSR count). The molecule has 0 fully saturated rings. The molecule has 108 valence electrons. The lowest BCUT2D eigenvalue weighted by Crippen LogP contribution is -2.08. The lowest BCUT2D eigenvalue weighted by Gasteiger charge is -2.09. The molecule has 1 aromatic carbocycles. The summed E-state index contributed by atoms with van der Waals surface area (Å²) in [5, 5.41) is 12.1. The minimum absolute atomic E-state index is 0.0482. The van der Waals surface area contributed by atoms with Gasteiger partial charge in [0.05, 0.1) is 17.9 Å². The molecule has 0 bridgehead atoms. The van der Waals surface area contributed by atoms with Crippen LogP contribution < -0.4 is 15.8 Å². The zero-order valence-corrected chi connectivity index (χ0v) is 12.9. The largest absolute Gasteiger partial charge is 0.463 e. The number of rotatable bonds is 5. The van der Waals surface area contributed by atoms with Crippen molar-refractivity contribution in [1.82, 2.24) is 15.0 Å². The Morgan fingerprint density at radius 1 is 1.38 bits per heavy atom. The number of nitriles is 1. The first-order valence-corrected chi connectivity index (χ1v) is 7.02. The molecule has 1 aromatic heterocycles. The van der Waals surface area contributed by atoms with Gasteiger partial charge in [0, 0.05) is 4.47 Å². The van der Waals surface area contributed by atoms with Crippen molar-refractivity contribution in [2.24, 2.45) is 0 Å². The van der Waals surface area contributed by atoms with Crippen LogP contribution in [0.5, 0.6) is 6.01 Å². The van der Waals surface area contributed by atoms with E-state index in [0.29, 0.717) is 17.9 Å². The fourth-order valence-corrected chi connectivity index (χ4v) is 1.88. The topological polar surface area (TPSA) is 110 Å². The van der Waals surface area contributed by atoms with Crippen LogP contribution in [0.4, 0.5) is 17.6 Å². The van der Waals surface area contributed by atoms with E-state index in [4.69, 9.17) is 15.7 Å². The van der Waals surface area contributed by atoms with Crippen molar-refractivity contribution in [3.05, 3.63) is 28.2 Å². The highest BCUT2D eigenvalue weighted by atomic mass is 79.9. The number of nitrogens with one attached hydrogen (secondary N) is 1. The predicted octanol–water partition coefficient (Wildman–Crippen LogP) is 2.62. The number of anilines is 3. The van der Waals surface area contributed by atoms with Crippen LogP contribution in [0.1, 0.15) is 18.9 Å². The minimum atomic E-state index is 0.0482. The van der Waals surface area contributed by atoms with E-state index in [0.717, 1.165) is 10.9 Å². The second kappa shape index (κ2) is 6.85. The third-order valence-corrected chi connectivity index (χ3v) is 2.91. The number of benzene rings is 1. The second-order valence-corrected chi connectivity index (χ2v) is 4.99. The van der Waals surface area contributed by atoms with Gasteiger partial charge in [0.25, 0.3) is 0 Å². The van der Waals surface area contributed by atoms with Crippen molar-refractivity contribution in [2.75, 3.05) is 17.7 Å². The molecular formula is C13H13BrN6O. The molecule has 0 aliphatic rings. The average Bonchev–Trinajstić information content (AvgIpc) is 2.45. The third kappa shape index (κ3) is 4.03. The number of ether oxygens (including phenoxy) is 1. The molecule has 1 heterocycles. The van der Waals surface area contributed by atoms with E-state index in [1.807, 2.05) is 6.92 Å². The Morgan fingerprint density at radius 2 is 2.19 bits per heavy atom. The van der Waals surface area contributed by atoms with Gasteiger partial charge in [-0.1, -0.05) is 22.9 Å². The van der Waals surface area contributed by atoms with Crippen LogP contribution >= 0.6 is 15.9 Å². The first-order chi connectivity index (χ1) is 10.1. The summed E-state index contributed by atoms with van der Waals surface area (Å²) in [6, 6.07) is 7.46. The van der Waals surface area contributed by atoms with Crippen molar-refractivity contribution >= 4 is 33.5 Å². The predicted molar refractivity (Wildman–Crippen MR) is 82.2 cm³/mol. The van der Waals surface area contributed by atoms with E-state index in [-0.39, 0.29) is 17.9 Å². The molecule has 0 aliphatic carbocycles. The lowest BCUT2D eigenvalue weighted by molar-refractivity contribution is 0.292. The quantitative estimate of drug-likeness (QED) is 0.854. The van der Waals surface area contributed by atoms with Gasteiger partial charge in [-0.15, -0.1) is 0 Å². The van der Waals surface area contributed by atoms with Crippen molar-refractivity contribution in [3.8, 4) is 12.1 Å². The number of nitrogens with two attached hydrogens (primary N) is 1. The van der Waals surface area contributed by atoms with Crippen molar-refractivity contribution in [3.63, 3.8) is 0 Å². The van der Waals surface area contributed by atoms with E-state index in [2.05, 4.69) is 42.3 Å². The maximum absolute atomic E-state index is 9.10. The van der Waals surface area contributed by atoms with Gasteiger partial charge < -0.3 is 15.8 Å². The maximum atomic E-state index is 9.10. The Hall–Kier alpha value is -2.40. The van der Waals surface area contributed by atoms with E-state index in [9.17, 15) is 0 Å². The lowest BCUT2D eigenvalue weighted by atomic mass is 10.2. The number of nitrogens with zero attached hydrogens (tertiary/aromatic N) is 4. The van der Waals surface area contributed by atoms with Gasteiger partial charge in [-0.05, 0) is 24.6 Å². The fraction of sp³-hybridized carbons (Fsp3) is 0.231. The van der Waals surface area contributed by atoms with Crippen LogP contribution in [0, 0.1) is 11.3 Å². The molecule has 21 heavy (non-hydrogen) atoms. The highest BCUT2D eigenvalue weighted by molar-refractivity contribution is 9.10. The van der Waals surface area contributed by atoms with Gasteiger partial charge in [-0.3, -0.25) is 0 Å². The van der Waals surface area contributed by atoms with Crippen LogP contribution in [0.3, 0.4) is 0 Å². The second-order valence-electron chi connectivity index (χ2n) is 4.07. The summed E-state index contributed by atoms with van der Waals surface area (Å²) < 4.78 is 6.17. The molecule has 0 saturated heterocycles. The molecule has 8 heteroatoms. The number of hydrogen-bond acceptors (Lipinski definition) is 7. The molecular weight excluding hydrogens is 336 g/mol. The minimum Gasteiger partial charge on any atom is -0.463 e. The van der Waals surface area contributed by atoms with Crippen LogP contribution in [0.2, 0.25) is 0 Å². The Bertz CT molecular complexity index is 685. The standard InChI is InChI=1S/C13H13BrN6O/c1-2-5-21-13-19-11(16)18-12(20-13)17-10-6-9(14)4-3-8(10)7-15/h3-4,6H,2,5H2,1H3,(H3,16,17,18,19,20). The zero-order valence-electron chi connectivity index (χ0n) is 11.3. The van der Waals surface area contributed by atoms with Crippen molar-refractivity contribution in [2.45, 2.75) is 13.3 Å². The maximum Gasteiger partial charge on any atom is 0.323 e. The number of halogens is 1. The Balaban J connectivity index is 2.29. The van der Waals surface area contributed by atoms with Crippen LogP contribution in [-0.4, -0.2) is 21.6 Å². The first kappa shape index (κ1) is 15.0. The van der Waals surface area contributed by atoms with E-state index >= 15 is 0 Å². The molecule has 7 nitrogen and oxygen atoms in total. The van der Waals surface area contributed by atoms with Crippen molar-refractivity contribution < 1.29 is 4.74 Å². The number of hydrogen-bond donors (Lipinski definition) is 2. The molecule has 2 aromatic rings. The summed E-state index contributed by atoms with van der Waals surface area (Å²) in [6.45, 7) is 2.47. The molecule has 0 radical (unpaired) electrons. The summed E-state index contributed by atoms with van der Waals surface area (Å²) in [5.41, 5.74) is 6.66. The first-order valence-electron chi connectivity index (χ1n) is 6.23. The van der Waals surface area contributed by atoms with E-state index in [1.54, 1.807) is 18.2 Å². The normalized spacial score (nSPS) is 9.95. The van der Waals surface area contributed by atoms with Gasteiger partial charge in [-0.25, -0.2) is 0 Å². The Morgan fingerprint density at radius 3 is 2.90 bits per heavy atom. The van der Waals surface area contributed by atoms with Gasteiger partial charge in [0.1, 0.15) is 6.07 Å². The SMILES string of the molecule is CCCOc1nc(N)nc(Nc2cc(Br)ccc2C#N)n1. The summed E-state index contributed by atoms with van der Waals surface area (Å²) >= 11 is 3.35. The van der Waals surface area contributed by atoms with Gasteiger partial charge >= 0.3 is 6.01 Å². The zero-order chi connectivity index (χ0) is 15.2. The molecule has 0 atom stereocenters. The Labute approximate surface area is 130 Å². The molecule has 0 unspecified atom stereocenters. The van der Waals surface area contributed by atoms with E-state index < -0.39 is 0 Å². The number of nitrogen functional groups attached to an aromatic ring is 1. The highest BCUT2D eigenvalue weighted by Crippen LogP contribution is 2.23. The van der Waals surface area contributed by atoms with Gasteiger partial charge in [0.15, 0.2) is 0 Å². The van der Waals surface area contributed by atoms with E-state index in [1.165, 1.54) is 0 Å². The van der Waals surface area contributed by atoms with Crippen LogP contribution in [0.25, 0.3) is 0 Å². The van der Waals surface area contributed by atoms with Crippen LogP contribution in [0.15, 0.2) is 22.7 Å². The van der Waals surface area contributed by atoms with Crippen molar-refractivity contribution in [1.29, 1.82) is 5.26 Å². The Kier molecular flexibility index (Phi) is 4.90. The highest BCUT2D eigenvalue weighted by Gasteiger charge is 2.09. The monoisotopic (exact) mass is 348 g/mol. The third-order valence-electron chi connectivity index (χ3n) is 2.42.